The lowest BCUT2D eigenvalue weighted by molar-refractivity contribution is -0.141. The molecule has 0 fully saturated rings. The Hall–Kier alpha value is -1.02. The van der Waals surface area contributed by atoms with Crippen molar-refractivity contribution in [2.24, 2.45) is 5.92 Å². The molecular formula is C12H13ClO2. The fourth-order valence-electron chi connectivity index (χ4n) is 2.33. The summed E-state index contributed by atoms with van der Waals surface area (Å²) in [6.07, 6.45) is 1.80. The minimum Gasteiger partial charge on any atom is -0.481 e. The molecular weight excluding hydrogens is 212 g/mol. The summed E-state index contributed by atoms with van der Waals surface area (Å²) in [6, 6.07) is 5.76. The first-order chi connectivity index (χ1) is 7.11. The van der Waals surface area contributed by atoms with Crippen LogP contribution in [0.2, 0.25) is 5.02 Å². The summed E-state index contributed by atoms with van der Waals surface area (Å²) in [5.41, 5.74) is 2.26. The molecule has 0 saturated carbocycles. The largest absolute Gasteiger partial charge is 0.481 e. The SMILES string of the molecule is CC(C(=O)O)C1CCc2c(Cl)cccc21. The zero-order valence-electron chi connectivity index (χ0n) is 8.53. The Kier molecular flexibility index (Phi) is 2.70. The lowest BCUT2D eigenvalue weighted by atomic mass is 9.89. The Morgan fingerprint density at radius 2 is 2.33 bits per heavy atom. The van der Waals surface area contributed by atoms with Gasteiger partial charge in [0.25, 0.3) is 0 Å². The van der Waals surface area contributed by atoms with Gasteiger partial charge in [0.1, 0.15) is 0 Å². The van der Waals surface area contributed by atoms with Gasteiger partial charge in [-0.1, -0.05) is 30.7 Å². The Labute approximate surface area is 93.9 Å². The first-order valence-corrected chi connectivity index (χ1v) is 5.49. The third-order valence-corrected chi connectivity index (χ3v) is 3.61. The van der Waals surface area contributed by atoms with Gasteiger partial charge in [-0.25, -0.2) is 0 Å². The summed E-state index contributed by atoms with van der Waals surface area (Å²) >= 11 is 6.07. The van der Waals surface area contributed by atoms with Crippen LogP contribution in [0.15, 0.2) is 18.2 Å². The second-order valence-electron chi connectivity index (χ2n) is 4.08. The number of benzene rings is 1. The number of carbonyl (C=O) groups is 1. The molecule has 80 valence electrons. The van der Waals surface area contributed by atoms with Crippen LogP contribution in [0, 0.1) is 5.92 Å². The van der Waals surface area contributed by atoms with Crippen molar-refractivity contribution in [1.29, 1.82) is 0 Å². The van der Waals surface area contributed by atoms with Crippen molar-refractivity contribution in [1.82, 2.24) is 0 Å². The molecule has 0 radical (unpaired) electrons. The average Bonchev–Trinajstić information content (AvgIpc) is 2.61. The molecule has 1 aliphatic carbocycles. The molecule has 2 atom stereocenters. The smallest absolute Gasteiger partial charge is 0.306 e. The number of carboxylic acid groups (broad SMARTS) is 1. The first-order valence-electron chi connectivity index (χ1n) is 5.11. The second kappa shape index (κ2) is 3.86. The van der Waals surface area contributed by atoms with Gasteiger partial charge < -0.3 is 5.11 Å². The molecule has 0 aliphatic heterocycles. The molecule has 15 heavy (non-hydrogen) atoms. The van der Waals surface area contributed by atoms with E-state index in [9.17, 15) is 4.79 Å². The molecule has 0 aromatic heterocycles. The van der Waals surface area contributed by atoms with E-state index in [1.165, 1.54) is 0 Å². The standard InChI is InChI=1S/C12H13ClO2/c1-7(12(14)15)8-5-6-10-9(8)3-2-4-11(10)13/h2-4,7-8H,5-6H2,1H3,(H,14,15). The highest BCUT2D eigenvalue weighted by atomic mass is 35.5. The van der Waals surface area contributed by atoms with Gasteiger partial charge in [-0.3, -0.25) is 4.79 Å². The van der Waals surface area contributed by atoms with Gasteiger partial charge in [-0.15, -0.1) is 0 Å². The topological polar surface area (TPSA) is 37.3 Å². The van der Waals surface area contributed by atoms with Crippen molar-refractivity contribution in [3.63, 3.8) is 0 Å². The van der Waals surface area contributed by atoms with E-state index in [2.05, 4.69) is 0 Å². The molecule has 2 nitrogen and oxygen atoms in total. The van der Waals surface area contributed by atoms with Crippen LogP contribution in [-0.2, 0) is 11.2 Å². The maximum atomic E-state index is 10.9. The van der Waals surface area contributed by atoms with Crippen LogP contribution in [0.25, 0.3) is 0 Å². The van der Waals surface area contributed by atoms with Crippen LogP contribution >= 0.6 is 11.6 Å². The van der Waals surface area contributed by atoms with E-state index in [-0.39, 0.29) is 11.8 Å². The summed E-state index contributed by atoms with van der Waals surface area (Å²) in [4.78, 5) is 10.9. The number of carboxylic acids is 1. The minimum atomic E-state index is -0.729. The number of rotatable bonds is 2. The molecule has 0 amide bonds. The number of hydrogen-bond donors (Lipinski definition) is 1. The lowest BCUT2D eigenvalue weighted by Crippen LogP contribution is -2.17. The number of halogens is 1. The van der Waals surface area contributed by atoms with E-state index in [1.807, 2.05) is 18.2 Å². The maximum Gasteiger partial charge on any atom is 0.306 e. The van der Waals surface area contributed by atoms with Crippen molar-refractivity contribution < 1.29 is 9.90 Å². The van der Waals surface area contributed by atoms with E-state index in [0.29, 0.717) is 0 Å². The van der Waals surface area contributed by atoms with Crippen molar-refractivity contribution >= 4 is 17.6 Å². The van der Waals surface area contributed by atoms with E-state index in [1.54, 1.807) is 6.92 Å². The van der Waals surface area contributed by atoms with Gasteiger partial charge in [0.15, 0.2) is 0 Å². The molecule has 1 N–H and O–H groups in total. The van der Waals surface area contributed by atoms with Crippen molar-refractivity contribution in [3.05, 3.63) is 34.3 Å². The summed E-state index contributed by atoms with van der Waals surface area (Å²) in [5, 5.41) is 9.78. The zero-order chi connectivity index (χ0) is 11.0. The van der Waals surface area contributed by atoms with Gasteiger partial charge in [-0.05, 0) is 36.0 Å². The van der Waals surface area contributed by atoms with Crippen LogP contribution in [0.5, 0.6) is 0 Å². The molecule has 2 rings (SSSR count). The highest BCUT2D eigenvalue weighted by molar-refractivity contribution is 6.31. The number of fused-ring (bicyclic) bond motifs is 1. The van der Waals surface area contributed by atoms with E-state index in [0.717, 1.165) is 29.0 Å². The minimum absolute atomic E-state index is 0.121. The molecule has 0 saturated heterocycles. The predicted molar refractivity (Wildman–Crippen MR) is 59.3 cm³/mol. The van der Waals surface area contributed by atoms with Gasteiger partial charge in [0.2, 0.25) is 0 Å². The van der Waals surface area contributed by atoms with Crippen molar-refractivity contribution in [3.8, 4) is 0 Å². The van der Waals surface area contributed by atoms with Gasteiger partial charge in [0, 0.05) is 5.02 Å². The van der Waals surface area contributed by atoms with Crippen molar-refractivity contribution in [2.75, 3.05) is 0 Å². The predicted octanol–water partition coefficient (Wildman–Crippen LogP) is 3.09. The highest BCUT2D eigenvalue weighted by Gasteiger charge is 2.31. The highest BCUT2D eigenvalue weighted by Crippen LogP contribution is 2.41. The summed E-state index contributed by atoms with van der Waals surface area (Å²) in [6.45, 7) is 1.77. The van der Waals surface area contributed by atoms with Crippen LogP contribution in [0.3, 0.4) is 0 Å². The molecule has 3 heteroatoms. The third-order valence-electron chi connectivity index (χ3n) is 3.25. The zero-order valence-corrected chi connectivity index (χ0v) is 9.29. The third kappa shape index (κ3) is 1.74. The fourth-order valence-corrected chi connectivity index (χ4v) is 2.61. The second-order valence-corrected chi connectivity index (χ2v) is 4.49. The fraction of sp³-hybridized carbons (Fsp3) is 0.417. The average molecular weight is 225 g/mol. The molecule has 1 aliphatic rings. The molecule has 0 bridgehead atoms. The molecule has 2 unspecified atom stereocenters. The lowest BCUT2D eigenvalue weighted by Gasteiger charge is -2.16. The Bertz CT molecular complexity index is 401. The number of aliphatic carboxylic acids is 1. The Balaban J connectivity index is 2.37. The monoisotopic (exact) mass is 224 g/mol. The van der Waals surface area contributed by atoms with E-state index in [4.69, 9.17) is 16.7 Å². The maximum absolute atomic E-state index is 10.9. The number of hydrogen-bond acceptors (Lipinski definition) is 1. The van der Waals surface area contributed by atoms with Gasteiger partial charge in [-0.2, -0.15) is 0 Å². The van der Waals surface area contributed by atoms with Gasteiger partial charge >= 0.3 is 5.97 Å². The van der Waals surface area contributed by atoms with E-state index >= 15 is 0 Å². The summed E-state index contributed by atoms with van der Waals surface area (Å²) < 4.78 is 0. The van der Waals surface area contributed by atoms with Crippen LogP contribution < -0.4 is 0 Å². The molecule has 0 spiro atoms. The van der Waals surface area contributed by atoms with Crippen LogP contribution in [-0.4, -0.2) is 11.1 Å². The molecule has 0 heterocycles. The van der Waals surface area contributed by atoms with Gasteiger partial charge in [0.05, 0.1) is 5.92 Å². The Morgan fingerprint density at radius 1 is 1.60 bits per heavy atom. The van der Waals surface area contributed by atoms with Crippen LogP contribution in [0.1, 0.15) is 30.4 Å². The van der Waals surface area contributed by atoms with Crippen LogP contribution in [0.4, 0.5) is 0 Å². The molecule has 1 aromatic carbocycles. The van der Waals surface area contributed by atoms with E-state index < -0.39 is 5.97 Å². The summed E-state index contributed by atoms with van der Waals surface area (Å²) in [5.74, 6) is -0.936. The normalized spacial score (nSPS) is 21.1. The summed E-state index contributed by atoms with van der Waals surface area (Å²) in [7, 11) is 0. The Morgan fingerprint density at radius 3 is 3.00 bits per heavy atom. The first kappa shape index (κ1) is 10.5. The molecule has 1 aromatic rings. The van der Waals surface area contributed by atoms with Crippen molar-refractivity contribution in [2.45, 2.75) is 25.7 Å². The quantitative estimate of drug-likeness (QED) is 0.838.